The minimum atomic E-state index is -3.64. The largest absolute Gasteiger partial charge is 0.477 e. The molecule has 9 heteroatoms. The summed E-state index contributed by atoms with van der Waals surface area (Å²) in [5.41, 5.74) is -1.51. The molecule has 2 aromatic rings. The van der Waals surface area contributed by atoms with Crippen molar-refractivity contribution in [2.45, 2.75) is 5.92 Å². The van der Waals surface area contributed by atoms with Crippen LogP contribution in [0.1, 0.15) is 20.8 Å². The van der Waals surface area contributed by atoms with Crippen LogP contribution in [0.5, 0.6) is 0 Å². The van der Waals surface area contributed by atoms with Gasteiger partial charge in [0.05, 0.1) is 30.4 Å². The van der Waals surface area contributed by atoms with Crippen LogP contribution < -0.4 is 4.90 Å². The van der Waals surface area contributed by atoms with Crippen LogP contribution in [0.4, 0.5) is 19.5 Å². The minimum absolute atomic E-state index is 0.240. The zero-order chi connectivity index (χ0) is 18.9. The van der Waals surface area contributed by atoms with Gasteiger partial charge in [-0.05, 0) is 12.1 Å². The summed E-state index contributed by atoms with van der Waals surface area (Å²) in [7, 11) is 0. The number of alkyl halides is 2. The molecule has 0 aliphatic carbocycles. The molecular formula is C17H13ClF2N2O3S. The van der Waals surface area contributed by atoms with Gasteiger partial charge in [-0.15, -0.1) is 11.3 Å². The molecule has 1 N–H and O–H groups in total. The number of carboxylic acid groups (broad SMARTS) is 1. The average Bonchev–Trinajstić information content (AvgIpc) is 3.03. The molecule has 0 spiro atoms. The first-order valence-electron chi connectivity index (χ1n) is 7.60. The fourth-order valence-electron chi connectivity index (χ4n) is 2.74. The molecule has 5 nitrogen and oxygen atoms in total. The van der Waals surface area contributed by atoms with Gasteiger partial charge in [-0.3, -0.25) is 0 Å². The van der Waals surface area contributed by atoms with Gasteiger partial charge >= 0.3 is 5.97 Å². The first-order valence-corrected chi connectivity index (χ1v) is 8.80. The Morgan fingerprint density at radius 1 is 1.31 bits per heavy atom. The number of benzene rings is 1. The summed E-state index contributed by atoms with van der Waals surface area (Å²) >= 11 is 6.45. The number of aromatic carboxylic acids is 1. The quantitative estimate of drug-likeness (QED) is 0.763. The van der Waals surface area contributed by atoms with E-state index < -0.39 is 27.9 Å². The smallest absolute Gasteiger partial charge is 0.345 e. The third-order valence-corrected chi connectivity index (χ3v) is 5.47. The van der Waals surface area contributed by atoms with Crippen LogP contribution in [-0.2, 0) is 10.7 Å². The van der Waals surface area contributed by atoms with Crippen LogP contribution in [0.25, 0.3) is 4.85 Å². The number of anilines is 1. The van der Waals surface area contributed by atoms with Gasteiger partial charge in [0, 0.05) is 23.7 Å². The second-order valence-electron chi connectivity index (χ2n) is 5.56. The molecule has 1 aliphatic heterocycles. The number of carbonyl (C=O) groups is 1. The fraction of sp³-hybridized carbons (Fsp3) is 0.294. The van der Waals surface area contributed by atoms with E-state index in [9.17, 15) is 9.90 Å². The standard InChI is InChI=1S/C17H13ClF2N2O3S/c1-21-13-12(17(19,20)10-2-4-11(18)5-3-10)14(16(23)24)26-15(13)22-6-8-25-9-7-22/h2-5H,6-9H2,(H,23,24). The van der Waals surface area contributed by atoms with Crippen LogP contribution >= 0.6 is 22.9 Å². The Bertz CT molecular complexity index is 871. The van der Waals surface area contributed by atoms with E-state index in [1.54, 1.807) is 4.90 Å². The Morgan fingerprint density at radius 3 is 2.46 bits per heavy atom. The van der Waals surface area contributed by atoms with Crippen LogP contribution in [0.2, 0.25) is 5.02 Å². The Morgan fingerprint density at radius 2 is 1.92 bits per heavy atom. The molecular weight excluding hydrogens is 386 g/mol. The highest BCUT2D eigenvalue weighted by Crippen LogP contribution is 2.51. The van der Waals surface area contributed by atoms with Crippen molar-refractivity contribution in [3.63, 3.8) is 0 Å². The van der Waals surface area contributed by atoms with Gasteiger partial charge in [0.15, 0.2) is 0 Å². The molecule has 1 saturated heterocycles. The molecule has 0 bridgehead atoms. The van der Waals surface area contributed by atoms with Gasteiger partial charge < -0.3 is 14.7 Å². The van der Waals surface area contributed by atoms with Crippen molar-refractivity contribution in [3.05, 3.63) is 56.7 Å². The summed E-state index contributed by atoms with van der Waals surface area (Å²) < 4.78 is 35.6. The maximum atomic E-state index is 15.2. The molecule has 1 aromatic heterocycles. The molecule has 0 saturated carbocycles. The normalized spacial score (nSPS) is 14.9. The summed E-state index contributed by atoms with van der Waals surface area (Å²) in [4.78, 5) is 16.1. The summed E-state index contributed by atoms with van der Waals surface area (Å²) in [6.07, 6.45) is 0. The van der Waals surface area contributed by atoms with E-state index >= 15 is 8.78 Å². The van der Waals surface area contributed by atoms with E-state index in [0.717, 1.165) is 12.1 Å². The van der Waals surface area contributed by atoms with Gasteiger partial charge in [-0.25, -0.2) is 9.64 Å². The molecule has 136 valence electrons. The van der Waals surface area contributed by atoms with Gasteiger partial charge in [0.2, 0.25) is 5.69 Å². The summed E-state index contributed by atoms with van der Waals surface area (Å²) in [6.45, 7) is 9.00. The molecule has 2 heterocycles. The number of hydrogen-bond acceptors (Lipinski definition) is 4. The number of nitrogens with zero attached hydrogens (tertiary/aromatic N) is 2. The lowest BCUT2D eigenvalue weighted by Gasteiger charge is -2.28. The van der Waals surface area contributed by atoms with E-state index in [0.29, 0.717) is 37.6 Å². The van der Waals surface area contributed by atoms with E-state index in [4.69, 9.17) is 22.9 Å². The Balaban J connectivity index is 2.18. The second-order valence-corrected chi connectivity index (χ2v) is 6.99. The molecule has 1 fully saturated rings. The number of ether oxygens (including phenoxy) is 1. The summed E-state index contributed by atoms with van der Waals surface area (Å²) in [6, 6.07) is 4.87. The molecule has 1 aliphatic rings. The van der Waals surface area contributed by atoms with Crippen molar-refractivity contribution in [1.82, 2.24) is 0 Å². The van der Waals surface area contributed by atoms with Crippen LogP contribution in [0.3, 0.4) is 0 Å². The lowest BCUT2D eigenvalue weighted by molar-refractivity contribution is 0.0408. The molecule has 0 amide bonds. The maximum absolute atomic E-state index is 15.2. The van der Waals surface area contributed by atoms with Crippen LogP contribution in [-0.4, -0.2) is 37.4 Å². The minimum Gasteiger partial charge on any atom is -0.477 e. The lowest BCUT2D eigenvalue weighted by atomic mass is 9.99. The monoisotopic (exact) mass is 398 g/mol. The number of carboxylic acids is 1. The summed E-state index contributed by atoms with van der Waals surface area (Å²) in [5.74, 6) is -5.12. The summed E-state index contributed by atoms with van der Waals surface area (Å²) in [5, 5.41) is 9.99. The third-order valence-electron chi connectivity index (χ3n) is 3.99. The molecule has 3 rings (SSSR count). The van der Waals surface area contributed by atoms with E-state index in [1.807, 2.05) is 0 Å². The number of hydrogen-bond donors (Lipinski definition) is 1. The highest BCUT2D eigenvalue weighted by Gasteiger charge is 2.43. The predicted octanol–water partition coefficient (Wildman–Crippen LogP) is 4.63. The van der Waals surface area contributed by atoms with E-state index in [-0.39, 0.29) is 15.7 Å². The van der Waals surface area contributed by atoms with E-state index in [2.05, 4.69) is 4.85 Å². The zero-order valence-electron chi connectivity index (χ0n) is 13.3. The van der Waals surface area contributed by atoms with Crippen molar-refractivity contribution in [2.75, 3.05) is 31.2 Å². The van der Waals surface area contributed by atoms with Crippen LogP contribution in [0, 0.1) is 6.57 Å². The first kappa shape index (κ1) is 18.6. The average molecular weight is 399 g/mol. The molecule has 0 unspecified atom stereocenters. The Kier molecular flexibility index (Phi) is 5.14. The lowest BCUT2D eigenvalue weighted by Crippen LogP contribution is -2.35. The topological polar surface area (TPSA) is 54.1 Å². The third kappa shape index (κ3) is 3.26. The maximum Gasteiger partial charge on any atom is 0.345 e. The SMILES string of the molecule is [C-]#[N+]c1c(N2CCOCC2)sc(C(=O)O)c1C(F)(F)c1ccc(Cl)cc1. The number of halogens is 3. The van der Waals surface area contributed by atoms with Crippen molar-refractivity contribution < 1.29 is 23.4 Å². The second kappa shape index (κ2) is 7.19. The molecule has 0 radical (unpaired) electrons. The van der Waals surface area contributed by atoms with E-state index in [1.165, 1.54) is 12.1 Å². The zero-order valence-corrected chi connectivity index (χ0v) is 14.9. The van der Waals surface area contributed by atoms with Gasteiger partial charge in [0.25, 0.3) is 5.92 Å². The van der Waals surface area contributed by atoms with Crippen molar-refractivity contribution in [1.29, 1.82) is 0 Å². The van der Waals surface area contributed by atoms with Crippen molar-refractivity contribution in [2.24, 2.45) is 0 Å². The van der Waals surface area contributed by atoms with Gasteiger partial charge in [-0.2, -0.15) is 8.78 Å². The molecule has 0 atom stereocenters. The number of rotatable bonds is 4. The highest BCUT2D eigenvalue weighted by molar-refractivity contribution is 7.18. The number of morpholine rings is 1. The molecule has 1 aromatic carbocycles. The Hall–Kier alpha value is -2.21. The molecule has 26 heavy (non-hydrogen) atoms. The Labute approximate surface area is 157 Å². The predicted molar refractivity (Wildman–Crippen MR) is 95.0 cm³/mol. The van der Waals surface area contributed by atoms with Crippen LogP contribution in [0.15, 0.2) is 24.3 Å². The van der Waals surface area contributed by atoms with Crippen molar-refractivity contribution >= 4 is 39.6 Å². The fourth-order valence-corrected chi connectivity index (χ4v) is 4.03. The van der Waals surface area contributed by atoms with Gasteiger partial charge in [0.1, 0.15) is 4.88 Å². The first-order chi connectivity index (χ1) is 12.4. The number of thiophene rings is 1. The van der Waals surface area contributed by atoms with Gasteiger partial charge in [-0.1, -0.05) is 23.7 Å². The highest BCUT2D eigenvalue weighted by atomic mass is 35.5. The van der Waals surface area contributed by atoms with Crippen molar-refractivity contribution in [3.8, 4) is 0 Å².